The molecule has 142 valence electrons. The molecule has 0 aliphatic carbocycles. The first-order chi connectivity index (χ1) is 13.6. The molecule has 3 heterocycles. The van der Waals surface area contributed by atoms with Gasteiger partial charge in [-0.2, -0.15) is 0 Å². The van der Waals surface area contributed by atoms with Crippen molar-refractivity contribution in [2.75, 3.05) is 0 Å². The van der Waals surface area contributed by atoms with E-state index in [1.165, 1.54) is 6.07 Å². The van der Waals surface area contributed by atoms with Crippen molar-refractivity contribution in [1.82, 2.24) is 20.3 Å². The summed E-state index contributed by atoms with van der Waals surface area (Å²) in [5.74, 6) is -0.836. The molecule has 2 aromatic heterocycles. The van der Waals surface area contributed by atoms with Crippen LogP contribution in [0, 0.1) is 0 Å². The number of hydrogen-bond donors (Lipinski definition) is 1. The SMILES string of the molecule is O=C1Cc2oc(=O)cc(CCCc3cn(Cc4ccccc4)nn3)c2C(=O)N1. The van der Waals surface area contributed by atoms with Crippen LogP contribution in [0.1, 0.15) is 39.4 Å². The summed E-state index contributed by atoms with van der Waals surface area (Å²) in [5.41, 5.74) is 2.32. The first kappa shape index (κ1) is 17.8. The van der Waals surface area contributed by atoms with Gasteiger partial charge in [0.15, 0.2) is 0 Å². The standard InChI is InChI=1S/C20H18N4O4/c25-17-10-16-19(20(27)21-17)14(9-18(26)28-16)7-4-8-15-12-24(23-22-15)11-13-5-2-1-3-6-13/h1-3,5-6,9,12H,4,7-8,10-11H2,(H,21,25,27). The van der Waals surface area contributed by atoms with E-state index >= 15 is 0 Å². The van der Waals surface area contributed by atoms with Gasteiger partial charge in [-0.25, -0.2) is 9.48 Å². The highest BCUT2D eigenvalue weighted by Gasteiger charge is 2.27. The topological polar surface area (TPSA) is 107 Å². The molecule has 0 unspecified atom stereocenters. The van der Waals surface area contributed by atoms with Crippen molar-refractivity contribution >= 4 is 11.8 Å². The maximum Gasteiger partial charge on any atom is 0.336 e. The molecule has 28 heavy (non-hydrogen) atoms. The number of rotatable bonds is 6. The highest BCUT2D eigenvalue weighted by molar-refractivity contribution is 6.09. The monoisotopic (exact) mass is 378 g/mol. The van der Waals surface area contributed by atoms with Crippen LogP contribution in [-0.2, 0) is 30.6 Å². The van der Waals surface area contributed by atoms with Gasteiger partial charge in [-0.15, -0.1) is 5.10 Å². The Morgan fingerprint density at radius 2 is 1.93 bits per heavy atom. The van der Waals surface area contributed by atoms with Crippen LogP contribution in [0.2, 0.25) is 0 Å². The Balaban J connectivity index is 1.42. The van der Waals surface area contributed by atoms with Gasteiger partial charge in [0.2, 0.25) is 5.91 Å². The number of aromatic nitrogens is 3. The third-order valence-electron chi connectivity index (χ3n) is 4.57. The predicted octanol–water partition coefficient (Wildman–Crippen LogP) is 1.27. The summed E-state index contributed by atoms with van der Waals surface area (Å²) in [4.78, 5) is 35.3. The first-order valence-corrected chi connectivity index (χ1v) is 9.01. The molecule has 8 nitrogen and oxygen atoms in total. The molecule has 1 aliphatic heterocycles. The minimum Gasteiger partial charge on any atom is -0.426 e. The molecule has 0 spiro atoms. The number of nitrogens with zero attached hydrogens (tertiary/aromatic N) is 3. The second-order valence-electron chi connectivity index (χ2n) is 6.69. The molecule has 1 N–H and O–H groups in total. The lowest BCUT2D eigenvalue weighted by Crippen LogP contribution is -2.38. The second kappa shape index (κ2) is 7.59. The molecular weight excluding hydrogens is 360 g/mol. The van der Waals surface area contributed by atoms with Gasteiger partial charge >= 0.3 is 5.63 Å². The lowest BCUT2D eigenvalue weighted by Gasteiger charge is -2.16. The Morgan fingerprint density at radius 1 is 1.11 bits per heavy atom. The van der Waals surface area contributed by atoms with Gasteiger partial charge in [-0.1, -0.05) is 35.5 Å². The summed E-state index contributed by atoms with van der Waals surface area (Å²) in [7, 11) is 0. The minimum atomic E-state index is -0.551. The lowest BCUT2D eigenvalue weighted by atomic mass is 9.97. The van der Waals surface area contributed by atoms with E-state index in [0.717, 1.165) is 11.3 Å². The number of aryl methyl sites for hydroxylation is 2. The molecule has 0 atom stereocenters. The van der Waals surface area contributed by atoms with Crippen molar-refractivity contribution in [3.8, 4) is 0 Å². The zero-order valence-corrected chi connectivity index (χ0v) is 15.1. The summed E-state index contributed by atoms with van der Waals surface area (Å²) in [6.45, 7) is 0.648. The summed E-state index contributed by atoms with van der Waals surface area (Å²) in [6, 6.07) is 11.3. The van der Waals surface area contributed by atoms with Crippen LogP contribution in [0.15, 0.2) is 51.8 Å². The third-order valence-corrected chi connectivity index (χ3v) is 4.57. The molecule has 1 aromatic carbocycles. The lowest BCUT2D eigenvalue weighted by molar-refractivity contribution is -0.120. The van der Waals surface area contributed by atoms with E-state index in [-0.39, 0.29) is 12.2 Å². The second-order valence-corrected chi connectivity index (χ2v) is 6.69. The van der Waals surface area contributed by atoms with E-state index in [0.29, 0.717) is 36.9 Å². The van der Waals surface area contributed by atoms with Gasteiger partial charge in [-0.3, -0.25) is 14.9 Å². The Morgan fingerprint density at radius 3 is 2.75 bits per heavy atom. The van der Waals surface area contributed by atoms with Crippen LogP contribution in [0.3, 0.4) is 0 Å². The molecule has 0 fully saturated rings. The largest absolute Gasteiger partial charge is 0.426 e. The molecule has 8 heteroatoms. The third kappa shape index (κ3) is 3.90. The number of benzene rings is 1. The molecule has 4 rings (SSSR count). The smallest absolute Gasteiger partial charge is 0.336 e. The average Bonchev–Trinajstić information content (AvgIpc) is 3.08. The number of fused-ring (bicyclic) bond motifs is 1. The fraction of sp³-hybridized carbons (Fsp3) is 0.250. The van der Waals surface area contributed by atoms with E-state index in [9.17, 15) is 14.4 Å². The number of carbonyl (C=O) groups is 2. The van der Waals surface area contributed by atoms with Crippen molar-refractivity contribution in [3.63, 3.8) is 0 Å². The van der Waals surface area contributed by atoms with Crippen molar-refractivity contribution in [2.24, 2.45) is 0 Å². The molecular formula is C20H18N4O4. The van der Waals surface area contributed by atoms with Crippen molar-refractivity contribution < 1.29 is 14.0 Å². The Hall–Kier alpha value is -3.55. The zero-order valence-electron chi connectivity index (χ0n) is 15.1. The van der Waals surface area contributed by atoms with E-state index in [1.807, 2.05) is 36.5 Å². The van der Waals surface area contributed by atoms with Gasteiger partial charge in [-0.05, 0) is 30.4 Å². The predicted molar refractivity (Wildman–Crippen MR) is 98.7 cm³/mol. The van der Waals surface area contributed by atoms with Crippen molar-refractivity contribution in [3.05, 3.63) is 81.2 Å². The van der Waals surface area contributed by atoms with E-state index in [2.05, 4.69) is 15.6 Å². The van der Waals surface area contributed by atoms with Crippen LogP contribution in [0.5, 0.6) is 0 Å². The highest BCUT2D eigenvalue weighted by atomic mass is 16.4. The number of nitrogens with one attached hydrogen (secondary N) is 1. The average molecular weight is 378 g/mol. The van der Waals surface area contributed by atoms with Gasteiger partial charge in [0.1, 0.15) is 5.76 Å². The normalized spacial score (nSPS) is 13.3. The molecule has 1 aliphatic rings. The molecule has 0 saturated heterocycles. The molecule has 0 saturated carbocycles. The first-order valence-electron chi connectivity index (χ1n) is 9.01. The summed E-state index contributed by atoms with van der Waals surface area (Å²) < 4.78 is 6.82. The van der Waals surface area contributed by atoms with Crippen LogP contribution in [-0.4, -0.2) is 26.8 Å². The molecule has 0 radical (unpaired) electrons. The number of carbonyl (C=O) groups excluding carboxylic acids is 2. The van der Waals surface area contributed by atoms with Gasteiger partial charge in [0.25, 0.3) is 5.91 Å². The summed E-state index contributed by atoms with van der Waals surface area (Å²) >= 11 is 0. The van der Waals surface area contributed by atoms with Crippen LogP contribution >= 0.6 is 0 Å². The Bertz CT molecular complexity index is 1090. The van der Waals surface area contributed by atoms with Crippen LogP contribution in [0.25, 0.3) is 0 Å². The van der Waals surface area contributed by atoms with Crippen molar-refractivity contribution in [1.29, 1.82) is 0 Å². The van der Waals surface area contributed by atoms with Gasteiger partial charge in [0, 0.05) is 12.3 Å². The van der Waals surface area contributed by atoms with Gasteiger partial charge in [0.05, 0.1) is 24.2 Å². The quantitative estimate of drug-likeness (QED) is 0.647. The van der Waals surface area contributed by atoms with E-state index in [4.69, 9.17) is 4.42 Å². The van der Waals surface area contributed by atoms with Crippen LogP contribution < -0.4 is 10.9 Å². The Labute approximate surface area is 160 Å². The zero-order chi connectivity index (χ0) is 19.5. The fourth-order valence-corrected chi connectivity index (χ4v) is 3.33. The number of amides is 2. The summed E-state index contributed by atoms with van der Waals surface area (Å²) in [5, 5.41) is 10.6. The van der Waals surface area contributed by atoms with E-state index < -0.39 is 17.4 Å². The molecule has 3 aromatic rings. The maximum atomic E-state index is 12.1. The highest BCUT2D eigenvalue weighted by Crippen LogP contribution is 2.19. The Kier molecular flexibility index (Phi) is 4.84. The van der Waals surface area contributed by atoms with Gasteiger partial charge < -0.3 is 4.42 Å². The van der Waals surface area contributed by atoms with E-state index in [1.54, 1.807) is 4.68 Å². The van der Waals surface area contributed by atoms with Crippen molar-refractivity contribution in [2.45, 2.75) is 32.2 Å². The maximum absolute atomic E-state index is 12.1. The molecule has 2 amide bonds. The fourth-order valence-electron chi connectivity index (χ4n) is 3.33. The number of hydrogen-bond acceptors (Lipinski definition) is 6. The minimum absolute atomic E-state index is 0.0992. The molecule has 0 bridgehead atoms. The number of imide groups is 1. The van der Waals surface area contributed by atoms with Crippen LogP contribution in [0.4, 0.5) is 0 Å². The summed E-state index contributed by atoms with van der Waals surface area (Å²) in [6.07, 6.45) is 3.64.